The molecule has 214 valence electrons. The maximum atomic E-state index is 14.3. The Balaban J connectivity index is 1.32. The third-order valence-electron chi connectivity index (χ3n) is 7.98. The average molecular weight is 580 g/mol. The fourth-order valence-electron chi connectivity index (χ4n) is 5.81. The Kier molecular flexibility index (Phi) is 10.7. The van der Waals surface area contributed by atoms with Gasteiger partial charge < -0.3 is 15.1 Å². The number of rotatable bonds is 9. The second-order valence-corrected chi connectivity index (χ2v) is 11.3. The van der Waals surface area contributed by atoms with Gasteiger partial charge >= 0.3 is 6.03 Å². The number of anilines is 1. The molecule has 0 bridgehead atoms. The Morgan fingerprint density at radius 3 is 2.54 bits per heavy atom. The van der Waals surface area contributed by atoms with Gasteiger partial charge in [-0.25, -0.2) is 14.2 Å². The zero-order valence-electron chi connectivity index (χ0n) is 23.3. The molecule has 39 heavy (non-hydrogen) atoms. The molecular weight excluding hydrogens is 538 g/mol. The van der Waals surface area contributed by atoms with Gasteiger partial charge in [0.15, 0.2) is 0 Å². The zero-order chi connectivity index (χ0) is 27.9. The Bertz CT molecular complexity index is 1110. The van der Waals surface area contributed by atoms with E-state index in [1.54, 1.807) is 17.0 Å². The molecule has 0 aliphatic carbocycles. The lowest BCUT2D eigenvalue weighted by Gasteiger charge is -2.47. The molecule has 3 heterocycles. The fraction of sp³-hybridized carbons (Fsp3) is 0.586. The van der Waals surface area contributed by atoms with Crippen molar-refractivity contribution in [3.05, 3.63) is 57.5 Å². The highest BCUT2D eigenvalue weighted by molar-refractivity contribution is 6.33. The molecule has 1 atom stereocenters. The molecule has 0 radical (unpaired) electrons. The summed E-state index contributed by atoms with van der Waals surface area (Å²) < 4.78 is 14.3. The van der Waals surface area contributed by atoms with Crippen molar-refractivity contribution < 1.29 is 9.18 Å². The van der Waals surface area contributed by atoms with Gasteiger partial charge in [0.1, 0.15) is 11.6 Å². The first-order valence-corrected chi connectivity index (χ1v) is 14.9. The van der Waals surface area contributed by atoms with Gasteiger partial charge in [-0.15, -0.1) is 0 Å². The van der Waals surface area contributed by atoms with E-state index < -0.39 is 0 Å². The van der Waals surface area contributed by atoms with E-state index in [9.17, 15) is 9.18 Å². The minimum absolute atomic E-state index is 0.0786. The molecule has 10 heteroatoms. The number of carbonyl (C=O) groups is 1. The summed E-state index contributed by atoms with van der Waals surface area (Å²) >= 11 is 12.6. The van der Waals surface area contributed by atoms with E-state index in [-0.39, 0.29) is 11.8 Å². The minimum atomic E-state index is -0.225. The second kappa shape index (κ2) is 14.0. The highest BCUT2D eigenvalue weighted by Crippen LogP contribution is 2.30. The molecule has 2 aliphatic rings. The minimum Gasteiger partial charge on any atom is -0.353 e. The Morgan fingerprint density at radius 2 is 1.90 bits per heavy atom. The zero-order valence-corrected chi connectivity index (χ0v) is 24.8. The summed E-state index contributed by atoms with van der Waals surface area (Å²) in [5, 5.41) is 3.92. The Labute approximate surface area is 242 Å². The number of urea groups is 1. The Hall–Kier alpha value is -2.13. The third kappa shape index (κ3) is 7.54. The molecule has 0 unspecified atom stereocenters. The fourth-order valence-corrected chi connectivity index (χ4v) is 6.27. The number of hydrogen-bond donors (Lipinski definition) is 1. The van der Waals surface area contributed by atoms with Gasteiger partial charge in [-0.3, -0.25) is 9.80 Å². The number of pyridine rings is 1. The summed E-state index contributed by atoms with van der Waals surface area (Å²) in [7, 11) is 0. The number of nitrogens with one attached hydrogen (secondary N) is 1. The van der Waals surface area contributed by atoms with Crippen LogP contribution < -0.4 is 10.2 Å². The normalized spacial score (nSPS) is 19.3. The number of aromatic nitrogens is 1. The predicted molar refractivity (Wildman–Crippen MR) is 157 cm³/mol. The number of piperidine rings is 1. The van der Waals surface area contributed by atoms with E-state index in [1.165, 1.54) is 6.07 Å². The van der Waals surface area contributed by atoms with Gasteiger partial charge in [-0.2, -0.15) is 0 Å². The van der Waals surface area contributed by atoms with Crippen LogP contribution in [0.5, 0.6) is 0 Å². The molecule has 2 saturated heterocycles. The lowest BCUT2D eigenvalue weighted by atomic mass is 9.97. The highest BCUT2D eigenvalue weighted by Gasteiger charge is 2.34. The van der Waals surface area contributed by atoms with Crippen molar-refractivity contribution >= 4 is 35.1 Å². The van der Waals surface area contributed by atoms with Gasteiger partial charge in [0, 0.05) is 74.7 Å². The smallest absolute Gasteiger partial charge is 0.317 e. The first-order chi connectivity index (χ1) is 18.8. The van der Waals surface area contributed by atoms with Crippen molar-refractivity contribution in [1.82, 2.24) is 25.0 Å². The van der Waals surface area contributed by atoms with Crippen LogP contribution in [0.15, 0.2) is 30.5 Å². The molecule has 4 rings (SSSR count). The molecule has 1 aromatic heterocycles. The number of piperazine rings is 1. The number of halogens is 3. The lowest BCUT2D eigenvalue weighted by Crippen LogP contribution is -2.58. The van der Waals surface area contributed by atoms with Gasteiger partial charge in [0.2, 0.25) is 0 Å². The number of amides is 2. The quantitative estimate of drug-likeness (QED) is 0.417. The lowest BCUT2D eigenvalue weighted by molar-refractivity contribution is 0.0607. The van der Waals surface area contributed by atoms with Crippen LogP contribution in [0.2, 0.25) is 10.0 Å². The summed E-state index contributed by atoms with van der Waals surface area (Å²) in [5.74, 6) is 0.594. The SMILES string of the molecule is CCNC(=O)N(CC)Cc1cnc(N2CCN(C3CCN(Cc4ccc(Cl)cc4F)CC3)[C@@H](CC)C2)c(Cl)c1. The van der Waals surface area contributed by atoms with Crippen LogP contribution in [0.3, 0.4) is 0 Å². The van der Waals surface area contributed by atoms with Gasteiger partial charge in [0.25, 0.3) is 0 Å². The van der Waals surface area contributed by atoms with E-state index in [4.69, 9.17) is 28.2 Å². The third-order valence-corrected chi connectivity index (χ3v) is 8.50. The first-order valence-electron chi connectivity index (χ1n) is 14.2. The maximum absolute atomic E-state index is 14.3. The van der Waals surface area contributed by atoms with E-state index in [0.717, 1.165) is 63.4 Å². The molecule has 2 aliphatic heterocycles. The van der Waals surface area contributed by atoms with Crippen LogP contribution in [-0.2, 0) is 13.1 Å². The summed E-state index contributed by atoms with van der Waals surface area (Å²) in [6.45, 7) is 13.1. The molecular formula is C29H41Cl2FN6O. The molecule has 1 N–H and O–H groups in total. The second-order valence-electron chi connectivity index (χ2n) is 10.5. The van der Waals surface area contributed by atoms with Gasteiger partial charge in [0.05, 0.1) is 5.02 Å². The van der Waals surface area contributed by atoms with E-state index in [2.05, 4.69) is 26.9 Å². The average Bonchev–Trinajstić information content (AvgIpc) is 2.93. The molecule has 1 aromatic carbocycles. The van der Waals surface area contributed by atoms with Crippen LogP contribution in [-0.4, -0.2) is 83.6 Å². The molecule has 2 amide bonds. The largest absolute Gasteiger partial charge is 0.353 e. The topological polar surface area (TPSA) is 55.0 Å². The number of hydrogen-bond acceptors (Lipinski definition) is 5. The predicted octanol–water partition coefficient (Wildman–Crippen LogP) is 5.64. The van der Waals surface area contributed by atoms with E-state index in [0.29, 0.717) is 53.9 Å². The summed E-state index contributed by atoms with van der Waals surface area (Å²) in [6.07, 6.45) is 5.06. The monoisotopic (exact) mass is 578 g/mol. The van der Waals surface area contributed by atoms with Crippen molar-refractivity contribution in [1.29, 1.82) is 0 Å². The number of likely N-dealkylation sites (tertiary alicyclic amines) is 1. The van der Waals surface area contributed by atoms with Crippen molar-refractivity contribution in [2.45, 2.75) is 65.2 Å². The standard InChI is InChI=1S/C29H41Cl2FN6O/c1-4-24-20-37(28-26(31)15-21(17-34-28)18-36(6-3)29(39)33-5-2)13-14-38(24)25-9-11-35(12-10-25)19-22-7-8-23(30)16-27(22)32/h7-8,15-17,24-25H,4-6,9-14,18-20H2,1-3H3,(H,33,39)/t24-/m0/s1. The van der Waals surface area contributed by atoms with Gasteiger partial charge in [-0.05, 0) is 70.0 Å². The van der Waals surface area contributed by atoms with Gasteiger partial charge in [-0.1, -0.05) is 36.2 Å². The Morgan fingerprint density at radius 1 is 1.13 bits per heavy atom. The molecule has 2 aromatic rings. The van der Waals surface area contributed by atoms with Crippen molar-refractivity contribution in [3.8, 4) is 0 Å². The van der Waals surface area contributed by atoms with Crippen LogP contribution >= 0.6 is 23.2 Å². The van der Waals surface area contributed by atoms with Crippen LogP contribution in [0, 0.1) is 5.82 Å². The highest BCUT2D eigenvalue weighted by atomic mass is 35.5. The van der Waals surface area contributed by atoms with Crippen molar-refractivity contribution in [3.63, 3.8) is 0 Å². The van der Waals surface area contributed by atoms with Crippen molar-refractivity contribution in [2.75, 3.05) is 50.7 Å². The summed E-state index contributed by atoms with van der Waals surface area (Å²) in [4.78, 5) is 26.1. The van der Waals surface area contributed by atoms with Crippen LogP contribution in [0.1, 0.15) is 51.2 Å². The molecule has 2 fully saturated rings. The molecule has 0 saturated carbocycles. The van der Waals surface area contributed by atoms with Crippen molar-refractivity contribution in [2.24, 2.45) is 0 Å². The van der Waals surface area contributed by atoms with Crippen LogP contribution in [0.4, 0.5) is 15.0 Å². The number of carbonyl (C=O) groups excluding carboxylic acids is 1. The number of nitrogens with zero attached hydrogens (tertiary/aromatic N) is 5. The first kappa shape index (κ1) is 29.8. The summed E-state index contributed by atoms with van der Waals surface area (Å²) in [5.41, 5.74) is 1.63. The molecule has 7 nitrogen and oxygen atoms in total. The van der Waals surface area contributed by atoms with Crippen LogP contribution in [0.25, 0.3) is 0 Å². The molecule has 0 spiro atoms. The van der Waals surface area contributed by atoms with E-state index in [1.807, 2.05) is 26.1 Å². The summed E-state index contributed by atoms with van der Waals surface area (Å²) in [6, 6.07) is 7.78. The number of benzene rings is 1. The maximum Gasteiger partial charge on any atom is 0.317 e. The van der Waals surface area contributed by atoms with E-state index >= 15 is 0 Å².